The summed E-state index contributed by atoms with van der Waals surface area (Å²) in [6.07, 6.45) is -0.531. The van der Waals surface area contributed by atoms with E-state index in [4.69, 9.17) is 4.74 Å². The van der Waals surface area contributed by atoms with Crippen LogP contribution in [0, 0.1) is 0 Å². The lowest BCUT2D eigenvalue weighted by molar-refractivity contribution is 0.174. The summed E-state index contributed by atoms with van der Waals surface area (Å²) in [4.78, 5) is 0. The van der Waals surface area contributed by atoms with Crippen molar-refractivity contribution in [2.75, 3.05) is 6.54 Å². The second-order valence-electron chi connectivity index (χ2n) is 6.08. The molecule has 0 bridgehead atoms. The Morgan fingerprint density at radius 1 is 0.923 bits per heavy atom. The van der Waals surface area contributed by atoms with Crippen LogP contribution in [0.2, 0.25) is 0 Å². The molecule has 0 aliphatic heterocycles. The molecule has 0 aliphatic rings. The SMILES string of the molecule is O[C@H](CNCc1cc(Br)ccc1OCc1ccccc1)c1ccccc1. The summed E-state index contributed by atoms with van der Waals surface area (Å²) in [5, 5.41) is 13.6. The maximum absolute atomic E-state index is 10.3. The number of rotatable bonds is 8. The summed E-state index contributed by atoms with van der Waals surface area (Å²) in [5.41, 5.74) is 3.10. The van der Waals surface area contributed by atoms with E-state index < -0.39 is 6.10 Å². The first-order valence-corrected chi connectivity index (χ1v) is 9.40. The summed E-state index contributed by atoms with van der Waals surface area (Å²) in [6.45, 7) is 1.63. The molecule has 0 spiro atoms. The lowest BCUT2D eigenvalue weighted by atomic mass is 10.1. The minimum Gasteiger partial charge on any atom is -0.489 e. The first kappa shape index (κ1) is 18.6. The fraction of sp³-hybridized carbons (Fsp3) is 0.182. The van der Waals surface area contributed by atoms with Crippen molar-refractivity contribution in [1.29, 1.82) is 0 Å². The molecule has 0 saturated carbocycles. The summed E-state index contributed by atoms with van der Waals surface area (Å²) in [7, 11) is 0. The van der Waals surface area contributed by atoms with Crippen LogP contribution < -0.4 is 10.1 Å². The van der Waals surface area contributed by atoms with E-state index in [-0.39, 0.29) is 0 Å². The molecule has 2 N–H and O–H groups in total. The predicted molar refractivity (Wildman–Crippen MR) is 108 cm³/mol. The standard InChI is InChI=1S/C22H22BrNO2/c23-20-11-12-22(26-16-17-7-3-1-4-8-17)19(13-20)14-24-15-21(25)18-9-5-2-6-10-18/h1-13,21,24-25H,14-16H2/t21-/m1/s1. The van der Waals surface area contributed by atoms with Crippen molar-refractivity contribution < 1.29 is 9.84 Å². The van der Waals surface area contributed by atoms with Gasteiger partial charge in [0.15, 0.2) is 0 Å². The van der Waals surface area contributed by atoms with E-state index in [1.807, 2.05) is 78.9 Å². The van der Waals surface area contributed by atoms with E-state index in [9.17, 15) is 5.11 Å². The van der Waals surface area contributed by atoms with Crippen LogP contribution in [0.3, 0.4) is 0 Å². The molecular formula is C22H22BrNO2. The molecule has 4 heteroatoms. The van der Waals surface area contributed by atoms with Crippen LogP contribution in [0.5, 0.6) is 5.75 Å². The van der Waals surface area contributed by atoms with Gasteiger partial charge >= 0.3 is 0 Å². The molecule has 0 amide bonds. The van der Waals surface area contributed by atoms with Crippen molar-refractivity contribution in [2.24, 2.45) is 0 Å². The van der Waals surface area contributed by atoms with Crippen molar-refractivity contribution >= 4 is 15.9 Å². The zero-order chi connectivity index (χ0) is 18.2. The second kappa shape index (κ2) is 9.53. The Labute approximate surface area is 162 Å². The quantitative estimate of drug-likeness (QED) is 0.556. The summed E-state index contributed by atoms with van der Waals surface area (Å²) in [6, 6.07) is 25.8. The van der Waals surface area contributed by atoms with Gasteiger partial charge < -0.3 is 15.2 Å². The Morgan fingerprint density at radius 2 is 1.62 bits per heavy atom. The van der Waals surface area contributed by atoms with Gasteiger partial charge in [-0.15, -0.1) is 0 Å². The van der Waals surface area contributed by atoms with Crippen LogP contribution in [0.25, 0.3) is 0 Å². The van der Waals surface area contributed by atoms with Gasteiger partial charge in [-0.05, 0) is 29.3 Å². The summed E-state index contributed by atoms with van der Waals surface area (Å²) in [5.74, 6) is 0.846. The van der Waals surface area contributed by atoms with Crippen molar-refractivity contribution in [3.63, 3.8) is 0 Å². The highest BCUT2D eigenvalue weighted by atomic mass is 79.9. The molecule has 0 aliphatic carbocycles. The first-order chi connectivity index (χ1) is 12.7. The molecule has 26 heavy (non-hydrogen) atoms. The number of halogens is 1. The highest BCUT2D eigenvalue weighted by Gasteiger charge is 2.09. The van der Waals surface area contributed by atoms with E-state index in [0.717, 1.165) is 26.9 Å². The van der Waals surface area contributed by atoms with Crippen LogP contribution in [0.4, 0.5) is 0 Å². The largest absolute Gasteiger partial charge is 0.489 e. The smallest absolute Gasteiger partial charge is 0.124 e. The molecule has 1 atom stereocenters. The Kier molecular flexibility index (Phi) is 6.83. The maximum atomic E-state index is 10.3. The first-order valence-electron chi connectivity index (χ1n) is 8.61. The molecule has 3 aromatic rings. The summed E-state index contributed by atoms with van der Waals surface area (Å²) < 4.78 is 7.00. The zero-order valence-corrected chi connectivity index (χ0v) is 16.0. The normalized spacial score (nSPS) is 11.9. The van der Waals surface area contributed by atoms with Crippen molar-refractivity contribution in [2.45, 2.75) is 19.3 Å². The molecule has 0 heterocycles. The topological polar surface area (TPSA) is 41.5 Å². The third-order valence-corrected chi connectivity index (χ3v) is 4.59. The van der Waals surface area contributed by atoms with Gasteiger partial charge in [-0.3, -0.25) is 0 Å². The average molecular weight is 412 g/mol. The second-order valence-corrected chi connectivity index (χ2v) is 7.00. The molecule has 3 aromatic carbocycles. The highest BCUT2D eigenvalue weighted by Crippen LogP contribution is 2.24. The number of hydrogen-bond acceptors (Lipinski definition) is 3. The third kappa shape index (κ3) is 5.43. The maximum Gasteiger partial charge on any atom is 0.124 e. The van der Waals surface area contributed by atoms with Gasteiger partial charge in [0.2, 0.25) is 0 Å². The van der Waals surface area contributed by atoms with Crippen molar-refractivity contribution in [1.82, 2.24) is 5.32 Å². The monoisotopic (exact) mass is 411 g/mol. The van der Waals surface area contributed by atoms with E-state index in [1.54, 1.807) is 0 Å². The predicted octanol–water partition coefficient (Wildman–Crippen LogP) is 4.85. The number of aliphatic hydroxyl groups excluding tert-OH is 1. The molecule has 0 unspecified atom stereocenters. The molecule has 3 nitrogen and oxygen atoms in total. The van der Waals surface area contributed by atoms with Gasteiger partial charge in [-0.1, -0.05) is 76.6 Å². The fourth-order valence-electron chi connectivity index (χ4n) is 2.70. The van der Waals surface area contributed by atoms with Gasteiger partial charge in [0.05, 0.1) is 6.10 Å². The fourth-order valence-corrected chi connectivity index (χ4v) is 3.11. The third-order valence-electron chi connectivity index (χ3n) is 4.10. The van der Waals surface area contributed by atoms with Gasteiger partial charge in [-0.25, -0.2) is 0 Å². The van der Waals surface area contributed by atoms with Gasteiger partial charge in [0.25, 0.3) is 0 Å². The van der Waals surface area contributed by atoms with Crippen LogP contribution in [0.1, 0.15) is 22.8 Å². The lowest BCUT2D eigenvalue weighted by Crippen LogP contribution is -2.21. The van der Waals surface area contributed by atoms with Crippen LogP contribution >= 0.6 is 15.9 Å². The van der Waals surface area contributed by atoms with Crippen LogP contribution in [0.15, 0.2) is 83.3 Å². The van der Waals surface area contributed by atoms with Gasteiger partial charge in [0, 0.05) is 23.1 Å². The van der Waals surface area contributed by atoms with Crippen LogP contribution in [-0.2, 0) is 13.2 Å². The molecule has 0 saturated heterocycles. The Balaban J connectivity index is 1.59. The average Bonchev–Trinajstić information content (AvgIpc) is 2.69. The number of ether oxygens (including phenoxy) is 1. The lowest BCUT2D eigenvalue weighted by Gasteiger charge is -2.15. The molecule has 3 rings (SSSR count). The van der Waals surface area contributed by atoms with Gasteiger partial charge in [0.1, 0.15) is 12.4 Å². The minimum absolute atomic E-state index is 0.481. The number of aliphatic hydroxyl groups is 1. The Hall–Kier alpha value is -2.14. The zero-order valence-electron chi connectivity index (χ0n) is 14.4. The van der Waals surface area contributed by atoms with E-state index in [0.29, 0.717) is 19.7 Å². The summed E-state index contributed by atoms with van der Waals surface area (Å²) >= 11 is 3.52. The molecule has 0 fully saturated rings. The number of benzene rings is 3. The highest BCUT2D eigenvalue weighted by molar-refractivity contribution is 9.10. The van der Waals surface area contributed by atoms with Gasteiger partial charge in [-0.2, -0.15) is 0 Å². The van der Waals surface area contributed by atoms with Crippen molar-refractivity contribution in [3.05, 3.63) is 100 Å². The van der Waals surface area contributed by atoms with Crippen LogP contribution in [-0.4, -0.2) is 11.7 Å². The molecular weight excluding hydrogens is 390 g/mol. The molecule has 0 radical (unpaired) electrons. The minimum atomic E-state index is -0.531. The molecule has 134 valence electrons. The van der Waals surface area contributed by atoms with E-state index in [1.165, 1.54) is 0 Å². The Morgan fingerprint density at radius 3 is 2.35 bits per heavy atom. The van der Waals surface area contributed by atoms with Crippen molar-refractivity contribution in [3.8, 4) is 5.75 Å². The number of nitrogens with one attached hydrogen (secondary N) is 1. The number of hydrogen-bond donors (Lipinski definition) is 2. The van der Waals surface area contributed by atoms with E-state index >= 15 is 0 Å². The molecule has 0 aromatic heterocycles. The van der Waals surface area contributed by atoms with E-state index in [2.05, 4.69) is 21.2 Å². The Bertz CT molecular complexity index is 809.